The van der Waals surface area contributed by atoms with Gasteiger partial charge in [0.25, 0.3) is 0 Å². The van der Waals surface area contributed by atoms with Crippen LogP contribution in [0.1, 0.15) is 50.9 Å². The number of thioether (sulfide) groups is 1. The molecule has 11 heteroatoms. The van der Waals surface area contributed by atoms with Gasteiger partial charge in [-0.05, 0) is 68.4 Å². The van der Waals surface area contributed by atoms with Crippen LogP contribution >= 0.6 is 11.8 Å². The zero-order chi connectivity index (χ0) is 26.5. The molecule has 0 aromatic heterocycles. The minimum atomic E-state index is -1.64. The first kappa shape index (κ1) is 27.8. The Morgan fingerprint density at radius 1 is 1.19 bits per heavy atom. The molecule has 0 unspecified atom stereocenters. The summed E-state index contributed by atoms with van der Waals surface area (Å²) in [6.45, 7) is 5.20. The Balaban J connectivity index is 1.61. The molecule has 0 bridgehead atoms. The lowest BCUT2D eigenvalue weighted by molar-refractivity contribution is 0.0284. The van der Waals surface area contributed by atoms with Crippen molar-refractivity contribution in [3.63, 3.8) is 0 Å². The number of amides is 2. The number of nitrogens with zero attached hydrogens (tertiary/aromatic N) is 1. The molecular weight excluding hydrogens is 486 g/mol. The summed E-state index contributed by atoms with van der Waals surface area (Å²) in [6.07, 6.45) is -0.541. The number of nitrogens with one attached hydrogen (secondary N) is 1. The molecule has 1 aliphatic carbocycles. The molecule has 2 aromatic carbocycles. The van der Waals surface area contributed by atoms with Gasteiger partial charge in [0.2, 0.25) is 0 Å². The maximum absolute atomic E-state index is 14.5. The molecule has 3 N–H and O–H groups in total. The number of rotatable bonds is 9. The number of anilines is 1. The fourth-order valence-corrected chi connectivity index (χ4v) is 4.35. The molecule has 1 aliphatic rings. The average Bonchev–Trinajstić information content (AvgIpc) is 3.62. The van der Waals surface area contributed by atoms with E-state index >= 15 is 0 Å². The lowest BCUT2D eigenvalue weighted by atomic mass is 9.80. The van der Waals surface area contributed by atoms with Crippen molar-refractivity contribution in [2.45, 2.75) is 62.1 Å². The third-order valence-corrected chi connectivity index (χ3v) is 6.65. The molecule has 3 rings (SSSR count). The summed E-state index contributed by atoms with van der Waals surface area (Å²) in [5.74, 6) is 0. The van der Waals surface area contributed by atoms with Gasteiger partial charge in [-0.25, -0.2) is 14.0 Å². The second kappa shape index (κ2) is 12.0. The van der Waals surface area contributed by atoms with E-state index in [1.54, 1.807) is 51.7 Å². The minimum absolute atomic E-state index is 0.237. The second-order valence-corrected chi connectivity index (χ2v) is 11.0. The molecule has 0 saturated heterocycles. The van der Waals surface area contributed by atoms with Crippen molar-refractivity contribution in [1.29, 1.82) is 0 Å². The fraction of sp³-hybridized carbons (Fsp3) is 0.440. The van der Waals surface area contributed by atoms with Gasteiger partial charge >= 0.3 is 19.3 Å². The van der Waals surface area contributed by atoms with Crippen LogP contribution in [-0.4, -0.2) is 58.8 Å². The molecule has 0 aliphatic heterocycles. The van der Waals surface area contributed by atoms with Crippen molar-refractivity contribution in [2.24, 2.45) is 0 Å². The molecule has 1 fully saturated rings. The number of ether oxygens (including phenoxy) is 2. The standard InChI is InChI=1S/C25H32BFN2O6S/c1-25(2,3)35-24(31)29(4)14-17-13-19(9-12-22(17)36-20-10-11-20)28-23(30)34-15-21(27)16-5-7-18(8-6-16)26(32)33/h5-9,12-13,20-21,32-33H,10-11,14-15H2,1-4H3,(H,28,30)/t21-/m0/s1. The van der Waals surface area contributed by atoms with Crippen LogP contribution in [0.25, 0.3) is 0 Å². The summed E-state index contributed by atoms with van der Waals surface area (Å²) in [5, 5.41) is 21.4. The number of benzene rings is 2. The first-order chi connectivity index (χ1) is 16.9. The molecule has 0 heterocycles. The topological polar surface area (TPSA) is 108 Å². The van der Waals surface area contributed by atoms with Gasteiger partial charge in [0.1, 0.15) is 12.2 Å². The van der Waals surface area contributed by atoms with Crippen LogP contribution in [-0.2, 0) is 16.0 Å². The maximum atomic E-state index is 14.5. The number of alkyl halides is 1. The van der Waals surface area contributed by atoms with Gasteiger partial charge in [-0.2, -0.15) is 0 Å². The van der Waals surface area contributed by atoms with E-state index in [4.69, 9.17) is 19.5 Å². The van der Waals surface area contributed by atoms with E-state index in [1.165, 1.54) is 29.2 Å². The van der Waals surface area contributed by atoms with E-state index in [-0.39, 0.29) is 11.0 Å². The number of carbonyl (C=O) groups is 2. The van der Waals surface area contributed by atoms with Gasteiger partial charge in [0, 0.05) is 29.4 Å². The second-order valence-electron chi connectivity index (χ2n) is 9.71. The average molecular weight is 518 g/mol. The predicted octanol–water partition coefficient (Wildman–Crippen LogP) is 4.25. The Labute approximate surface area is 215 Å². The number of carbonyl (C=O) groups excluding carboxylic acids is 2. The van der Waals surface area contributed by atoms with Crippen LogP contribution in [0, 0.1) is 0 Å². The summed E-state index contributed by atoms with van der Waals surface area (Å²) in [6, 6.07) is 11.0. The summed E-state index contributed by atoms with van der Waals surface area (Å²) in [7, 11) is 0.0189. The maximum Gasteiger partial charge on any atom is 0.488 e. The summed E-state index contributed by atoms with van der Waals surface area (Å²) in [5.41, 5.74) is 1.19. The lowest BCUT2D eigenvalue weighted by Gasteiger charge is -2.25. The lowest BCUT2D eigenvalue weighted by Crippen LogP contribution is -2.34. The molecule has 0 radical (unpaired) electrons. The van der Waals surface area contributed by atoms with Gasteiger partial charge in [-0.3, -0.25) is 5.32 Å². The van der Waals surface area contributed by atoms with Crippen LogP contribution in [0.3, 0.4) is 0 Å². The van der Waals surface area contributed by atoms with Gasteiger partial charge < -0.3 is 24.4 Å². The Morgan fingerprint density at radius 2 is 1.86 bits per heavy atom. The number of hydrogen-bond acceptors (Lipinski definition) is 7. The van der Waals surface area contributed by atoms with Crippen LogP contribution in [0.5, 0.6) is 0 Å². The van der Waals surface area contributed by atoms with E-state index in [9.17, 15) is 14.0 Å². The molecule has 8 nitrogen and oxygen atoms in total. The quantitative estimate of drug-likeness (QED) is 0.426. The van der Waals surface area contributed by atoms with Crippen LogP contribution in [0.15, 0.2) is 47.4 Å². The van der Waals surface area contributed by atoms with Gasteiger partial charge in [-0.1, -0.05) is 24.3 Å². The Kier molecular flexibility index (Phi) is 9.27. The van der Waals surface area contributed by atoms with Crippen molar-refractivity contribution in [2.75, 3.05) is 19.0 Å². The highest BCUT2D eigenvalue weighted by Crippen LogP contribution is 2.41. The fourth-order valence-electron chi connectivity index (χ4n) is 3.20. The molecular formula is C25H32BFN2O6S. The third-order valence-electron chi connectivity index (χ3n) is 5.19. The van der Waals surface area contributed by atoms with Crippen molar-refractivity contribution in [3.05, 3.63) is 53.6 Å². The van der Waals surface area contributed by atoms with E-state index in [0.717, 1.165) is 23.3 Å². The molecule has 2 amide bonds. The summed E-state index contributed by atoms with van der Waals surface area (Å²) in [4.78, 5) is 27.2. The zero-order valence-corrected chi connectivity index (χ0v) is 21.7. The van der Waals surface area contributed by atoms with Crippen LogP contribution < -0.4 is 10.8 Å². The van der Waals surface area contributed by atoms with Crippen molar-refractivity contribution < 1.29 is 33.5 Å². The van der Waals surface area contributed by atoms with E-state index in [2.05, 4.69) is 5.32 Å². The predicted molar refractivity (Wildman–Crippen MR) is 138 cm³/mol. The molecule has 2 aromatic rings. The first-order valence-corrected chi connectivity index (χ1v) is 12.6. The molecule has 1 saturated carbocycles. The smallest absolute Gasteiger partial charge is 0.446 e. The van der Waals surface area contributed by atoms with E-state index in [1.807, 2.05) is 6.07 Å². The van der Waals surface area contributed by atoms with E-state index in [0.29, 0.717) is 17.5 Å². The van der Waals surface area contributed by atoms with Gasteiger partial charge in [-0.15, -0.1) is 11.8 Å². The van der Waals surface area contributed by atoms with Crippen molar-refractivity contribution >= 4 is 42.2 Å². The molecule has 194 valence electrons. The number of hydrogen-bond donors (Lipinski definition) is 3. The SMILES string of the molecule is CN(Cc1cc(NC(=O)OC[C@H](F)c2ccc(B(O)O)cc2)ccc1SC1CC1)C(=O)OC(C)(C)C. The van der Waals surface area contributed by atoms with Gasteiger partial charge in [0.15, 0.2) is 6.17 Å². The van der Waals surface area contributed by atoms with E-state index < -0.39 is 37.7 Å². The highest BCUT2D eigenvalue weighted by atomic mass is 32.2. The zero-order valence-electron chi connectivity index (χ0n) is 20.9. The summed E-state index contributed by atoms with van der Waals surface area (Å²) < 4.78 is 25.0. The first-order valence-electron chi connectivity index (χ1n) is 11.7. The van der Waals surface area contributed by atoms with Gasteiger partial charge in [0.05, 0.1) is 0 Å². The highest BCUT2D eigenvalue weighted by molar-refractivity contribution is 8.00. The normalized spacial score (nSPS) is 14.1. The molecule has 1 atom stereocenters. The monoisotopic (exact) mass is 518 g/mol. The van der Waals surface area contributed by atoms with Crippen LogP contribution in [0.4, 0.5) is 19.7 Å². The molecule has 36 heavy (non-hydrogen) atoms. The third kappa shape index (κ3) is 8.72. The van der Waals surface area contributed by atoms with Crippen molar-refractivity contribution in [1.82, 2.24) is 4.90 Å². The minimum Gasteiger partial charge on any atom is -0.446 e. The Bertz CT molecular complexity index is 1060. The largest absolute Gasteiger partial charge is 0.488 e. The van der Waals surface area contributed by atoms with Crippen LogP contribution in [0.2, 0.25) is 0 Å². The highest BCUT2D eigenvalue weighted by Gasteiger charge is 2.25. The summed E-state index contributed by atoms with van der Waals surface area (Å²) >= 11 is 1.74. The molecule has 0 spiro atoms. The Hall–Kier alpha value is -2.76. The van der Waals surface area contributed by atoms with Crippen molar-refractivity contribution in [3.8, 4) is 0 Å². The number of halogens is 1. The Morgan fingerprint density at radius 3 is 2.44 bits per heavy atom.